The van der Waals surface area contributed by atoms with E-state index in [-0.39, 0.29) is 5.91 Å². The molecule has 1 aliphatic rings. The molecule has 0 spiro atoms. The number of nitrogens with zero attached hydrogens (tertiary/aromatic N) is 2. The summed E-state index contributed by atoms with van der Waals surface area (Å²) in [6.07, 6.45) is 3.17. The molecule has 0 saturated carbocycles. The van der Waals surface area contributed by atoms with Crippen molar-refractivity contribution in [2.45, 2.75) is 0 Å². The van der Waals surface area contributed by atoms with E-state index in [1.54, 1.807) is 30.3 Å². The topological polar surface area (TPSA) is 61.9 Å². The van der Waals surface area contributed by atoms with Gasteiger partial charge in [0.25, 0.3) is 0 Å². The molecule has 0 aromatic heterocycles. The van der Waals surface area contributed by atoms with Gasteiger partial charge in [0.1, 0.15) is 0 Å². The van der Waals surface area contributed by atoms with Crippen LogP contribution in [0, 0.1) is 0 Å². The highest BCUT2D eigenvalue weighted by atomic mass is 35.5. The molecule has 0 aliphatic carbocycles. The number of carbonyl (C=O) groups is 2. The Morgan fingerprint density at radius 1 is 1.07 bits per heavy atom. The highest BCUT2D eigenvalue weighted by Crippen LogP contribution is 2.28. The van der Waals surface area contributed by atoms with Gasteiger partial charge in [-0.25, -0.2) is 4.79 Å². The highest BCUT2D eigenvalue weighted by molar-refractivity contribution is 6.30. The van der Waals surface area contributed by atoms with E-state index in [9.17, 15) is 9.59 Å². The fraction of sp³-hybridized carbons (Fsp3) is 0.273. The number of ether oxygens (including phenoxy) is 1. The largest absolute Gasteiger partial charge is 0.465 e. The number of halogens is 1. The number of rotatable bonds is 5. The predicted octanol–water partition coefficient (Wildman–Crippen LogP) is 3.53. The van der Waals surface area contributed by atoms with Crippen LogP contribution in [0.25, 0.3) is 6.08 Å². The first-order chi connectivity index (χ1) is 14.0. The van der Waals surface area contributed by atoms with Crippen LogP contribution in [0.2, 0.25) is 5.02 Å². The Labute approximate surface area is 175 Å². The van der Waals surface area contributed by atoms with Gasteiger partial charge < -0.3 is 19.9 Å². The lowest BCUT2D eigenvalue weighted by Crippen LogP contribution is -2.44. The summed E-state index contributed by atoms with van der Waals surface area (Å²) >= 11 is 5.89. The molecule has 1 amide bonds. The van der Waals surface area contributed by atoms with Gasteiger partial charge in [-0.05, 0) is 49.0 Å². The van der Waals surface area contributed by atoms with Crippen LogP contribution in [0.4, 0.5) is 11.4 Å². The summed E-state index contributed by atoms with van der Waals surface area (Å²) in [5.74, 6) is -0.723. The maximum atomic E-state index is 12.5. The molecule has 3 rings (SSSR count). The molecule has 2 aromatic carbocycles. The van der Waals surface area contributed by atoms with Gasteiger partial charge in [0.15, 0.2) is 0 Å². The number of nitrogens with one attached hydrogen (secondary N) is 1. The van der Waals surface area contributed by atoms with Crippen molar-refractivity contribution < 1.29 is 14.3 Å². The van der Waals surface area contributed by atoms with Gasteiger partial charge >= 0.3 is 5.97 Å². The normalized spacial score (nSPS) is 14.8. The summed E-state index contributed by atoms with van der Waals surface area (Å²) in [6.45, 7) is 3.56. The number of piperazine rings is 1. The number of anilines is 2. The number of hydrogen-bond donors (Lipinski definition) is 1. The van der Waals surface area contributed by atoms with E-state index in [1.807, 2.05) is 18.2 Å². The van der Waals surface area contributed by atoms with Crippen LogP contribution >= 0.6 is 11.6 Å². The second-order valence-corrected chi connectivity index (χ2v) is 7.32. The van der Waals surface area contributed by atoms with Crippen molar-refractivity contribution >= 4 is 40.9 Å². The van der Waals surface area contributed by atoms with Crippen molar-refractivity contribution in [3.8, 4) is 0 Å². The van der Waals surface area contributed by atoms with Crippen molar-refractivity contribution in [3.63, 3.8) is 0 Å². The SMILES string of the molecule is COC(=O)c1ccc(N2CCN(C)CC2)c(NC(=O)/C=C/c2ccc(Cl)cc2)c1. The van der Waals surface area contributed by atoms with E-state index >= 15 is 0 Å². The molecule has 1 N–H and O–H groups in total. The first-order valence-electron chi connectivity index (χ1n) is 9.37. The van der Waals surface area contributed by atoms with Crippen molar-refractivity contribution in [1.82, 2.24) is 4.90 Å². The van der Waals surface area contributed by atoms with Crippen LogP contribution in [0.1, 0.15) is 15.9 Å². The van der Waals surface area contributed by atoms with Gasteiger partial charge in [-0.15, -0.1) is 0 Å². The number of benzene rings is 2. The number of esters is 1. The minimum absolute atomic E-state index is 0.280. The zero-order chi connectivity index (χ0) is 20.8. The highest BCUT2D eigenvalue weighted by Gasteiger charge is 2.19. The first kappa shape index (κ1) is 20.9. The van der Waals surface area contributed by atoms with Crippen molar-refractivity contribution in [2.75, 3.05) is 50.6 Å². The van der Waals surface area contributed by atoms with Gasteiger partial charge in [-0.2, -0.15) is 0 Å². The van der Waals surface area contributed by atoms with Crippen molar-refractivity contribution in [3.05, 3.63) is 64.7 Å². The molecule has 0 unspecified atom stereocenters. The van der Waals surface area contributed by atoms with Crippen LogP contribution in [-0.2, 0) is 9.53 Å². The monoisotopic (exact) mass is 413 g/mol. The zero-order valence-electron chi connectivity index (χ0n) is 16.5. The third-order valence-corrected chi connectivity index (χ3v) is 5.07. The Morgan fingerprint density at radius 3 is 2.41 bits per heavy atom. The minimum Gasteiger partial charge on any atom is -0.465 e. The number of hydrogen-bond acceptors (Lipinski definition) is 5. The summed E-state index contributed by atoms with van der Waals surface area (Å²) in [6, 6.07) is 12.4. The third kappa shape index (κ3) is 5.59. The lowest BCUT2D eigenvalue weighted by atomic mass is 10.1. The van der Waals surface area contributed by atoms with E-state index in [1.165, 1.54) is 13.2 Å². The molecule has 7 heteroatoms. The summed E-state index contributed by atoms with van der Waals surface area (Å²) in [7, 11) is 3.42. The number of likely N-dealkylation sites (N-methyl/N-ethyl adjacent to an activating group) is 1. The van der Waals surface area contributed by atoms with Crippen LogP contribution in [-0.4, -0.2) is 57.1 Å². The molecular weight excluding hydrogens is 390 g/mol. The van der Waals surface area contributed by atoms with E-state index in [0.717, 1.165) is 37.4 Å². The Bertz CT molecular complexity index is 904. The molecule has 1 fully saturated rings. The average molecular weight is 414 g/mol. The minimum atomic E-state index is -0.442. The van der Waals surface area contributed by atoms with Gasteiger partial charge in [0.2, 0.25) is 5.91 Å². The molecular formula is C22H24ClN3O3. The van der Waals surface area contributed by atoms with Gasteiger partial charge in [0, 0.05) is 37.3 Å². The first-order valence-corrected chi connectivity index (χ1v) is 9.74. The molecule has 0 bridgehead atoms. The predicted molar refractivity (Wildman–Crippen MR) is 117 cm³/mol. The van der Waals surface area contributed by atoms with Crippen molar-refractivity contribution in [2.24, 2.45) is 0 Å². The Balaban J connectivity index is 1.81. The number of carbonyl (C=O) groups excluding carboxylic acids is 2. The summed E-state index contributed by atoms with van der Waals surface area (Å²) in [4.78, 5) is 28.9. The van der Waals surface area contributed by atoms with Crippen LogP contribution in [0.3, 0.4) is 0 Å². The number of methoxy groups -OCH3 is 1. The Hall–Kier alpha value is -2.83. The molecule has 1 heterocycles. The third-order valence-electron chi connectivity index (χ3n) is 4.82. The van der Waals surface area contributed by atoms with Gasteiger partial charge in [-0.3, -0.25) is 4.79 Å². The fourth-order valence-electron chi connectivity index (χ4n) is 3.12. The molecule has 6 nitrogen and oxygen atoms in total. The zero-order valence-corrected chi connectivity index (χ0v) is 17.3. The quantitative estimate of drug-likeness (QED) is 0.600. The molecule has 1 saturated heterocycles. The van der Waals surface area contributed by atoms with E-state index in [4.69, 9.17) is 16.3 Å². The molecule has 0 atom stereocenters. The summed E-state index contributed by atoms with van der Waals surface area (Å²) < 4.78 is 4.81. The molecule has 1 aliphatic heterocycles. The smallest absolute Gasteiger partial charge is 0.337 e. The number of amides is 1. The Morgan fingerprint density at radius 2 is 1.76 bits per heavy atom. The second kappa shape index (κ2) is 9.58. The standard InChI is InChI=1S/C22H24ClN3O3/c1-25-11-13-26(14-12-25)20-9-6-17(22(28)29-2)15-19(20)24-21(27)10-5-16-3-7-18(23)8-4-16/h3-10,15H,11-14H2,1-2H3,(H,24,27)/b10-5+. The van der Waals surface area contributed by atoms with E-state index in [0.29, 0.717) is 16.3 Å². The van der Waals surface area contributed by atoms with Crippen LogP contribution in [0.5, 0.6) is 0 Å². The fourth-order valence-corrected chi connectivity index (χ4v) is 3.25. The molecule has 152 valence electrons. The summed E-state index contributed by atoms with van der Waals surface area (Å²) in [5, 5.41) is 3.55. The van der Waals surface area contributed by atoms with Crippen LogP contribution in [0.15, 0.2) is 48.5 Å². The maximum Gasteiger partial charge on any atom is 0.337 e. The molecule has 29 heavy (non-hydrogen) atoms. The molecule has 2 aromatic rings. The lowest BCUT2D eigenvalue weighted by molar-refractivity contribution is -0.111. The second-order valence-electron chi connectivity index (χ2n) is 6.89. The molecule has 0 radical (unpaired) electrons. The van der Waals surface area contributed by atoms with E-state index in [2.05, 4.69) is 22.2 Å². The van der Waals surface area contributed by atoms with Crippen molar-refractivity contribution in [1.29, 1.82) is 0 Å². The summed E-state index contributed by atoms with van der Waals surface area (Å²) in [5.41, 5.74) is 2.73. The van der Waals surface area contributed by atoms with Crippen LogP contribution < -0.4 is 10.2 Å². The average Bonchev–Trinajstić information content (AvgIpc) is 2.73. The van der Waals surface area contributed by atoms with Gasteiger partial charge in [0.05, 0.1) is 24.0 Å². The maximum absolute atomic E-state index is 12.5. The Kier molecular flexibility index (Phi) is 6.90. The van der Waals surface area contributed by atoms with Gasteiger partial charge in [-0.1, -0.05) is 23.7 Å². The van der Waals surface area contributed by atoms with E-state index < -0.39 is 5.97 Å². The lowest BCUT2D eigenvalue weighted by Gasteiger charge is -2.35.